The third kappa shape index (κ3) is 2.19. The predicted octanol–water partition coefficient (Wildman–Crippen LogP) is 0.0742. The molecule has 1 aliphatic rings. The first-order valence-corrected chi connectivity index (χ1v) is 4.14. The van der Waals surface area contributed by atoms with Crippen LogP contribution in [0.25, 0.3) is 0 Å². The summed E-state index contributed by atoms with van der Waals surface area (Å²) < 4.78 is 0. The lowest BCUT2D eigenvalue weighted by Crippen LogP contribution is -2.28. The number of nitrogens with one attached hydrogen (secondary N) is 1. The van der Waals surface area contributed by atoms with Crippen LogP contribution in [0.4, 0.5) is 0 Å². The van der Waals surface area contributed by atoms with E-state index >= 15 is 0 Å². The van der Waals surface area contributed by atoms with Crippen molar-refractivity contribution in [2.75, 3.05) is 26.7 Å². The highest BCUT2D eigenvalue weighted by Crippen LogP contribution is 2.14. The number of carbonyl (C=O) groups excluding carboxylic acids is 1. The van der Waals surface area contributed by atoms with Crippen LogP contribution in [0.1, 0.15) is 13.3 Å². The van der Waals surface area contributed by atoms with Crippen molar-refractivity contribution in [2.24, 2.45) is 5.92 Å². The first kappa shape index (κ1) is 8.53. The lowest BCUT2D eigenvalue weighted by molar-refractivity contribution is -0.127. The van der Waals surface area contributed by atoms with Crippen molar-refractivity contribution in [3.8, 4) is 0 Å². The summed E-state index contributed by atoms with van der Waals surface area (Å²) in [7, 11) is 1.95. The molecule has 1 amide bonds. The molecule has 0 bridgehead atoms. The second-order valence-electron chi connectivity index (χ2n) is 3.18. The lowest BCUT2D eigenvalue weighted by Gasteiger charge is -2.13. The van der Waals surface area contributed by atoms with Crippen molar-refractivity contribution in [1.29, 1.82) is 0 Å². The highest BCUT2D eigenvalue weighted by atomic mass is 16.2. The summed E-state index contributed by atoms with van der Waals surface area (Å²) in [6.45, 7) is 4.56. The predicted molar refractivity (Wildman–Crippen MR) is 44.3 cm³/mol. The molecule has 1 saturated heterocycles. The van der Waals surface area contributed by atoms with Crippen LogP contribution in [0.5, 0.6) is 0 Å². The van der Waals surface area contributed by atoms with Crippen LogP contribution < -0.4 is 5.32 Å². The fourth-order valence-corrected chi connectivity index (χ4v) is 1.57. The van der Waals surface area contributed by atoms with E-state index in [1.54, 1.807) is 6.92 Å². The topological polar surface area (TPSA) is 32.3 Å². The first-order valence-electron chi connectivity index (χ1n) is 4.14. The zero-order chi connectivity index (χ0) is 8.27. The van der Waals surface area contributed by atoms with E-state index in [0.717, 1.165) is 26.1 Å². The molecule has 11 heavy (non-hydrogen) atoms. The summed E-state index contributed by atoms with van der Waals surface area (Å²) in [6.07, 6.45) is 1.15. The van der Waals surface area contributed by atoms with Gasteiger partial charge in [-0.05, 0) is 25.9 Å². The quantitative estimate of drug-likeness (QED) is 0.614. The fourth-order valence-electron chi connectivity index (χ4n) is 1.57. The maximum Gasteiger partial charge on any atom is 0.219 e. The molecular formula is C8H16N2O. The van der Waals surface area contributed by atoms with Crippen molar-refractivity contribution in [1.82, 2.24) is 10.2 Å². The second-order valence-corrected chi connectivity index (χ2v) is 3.18. The second kappa shape index (κ2) is 3.72. The Kier molecular flexibility index (Phi) is 2.88. The minimum Gasteiger partial charge on any atom is -0.343 e. The van der Waals surface area contributed by atoms with E-state index in [4.69, 9.17) is 0 Å². The van der Waals surface area contributed by atoms with Gasteiger partial charge in [-0.2, -0.15) is 0 Å². The van der Waals surface area contributed by atoms with Crippen LogP contribution in [0.3, 0.4) is 0 Å². The molecule has 0 radical (unpaired) electrons. The minimum atomic E-state index is 0.212. The van der Waals surface area contributed by atoms with Crippen LogP contribution in [-0.4, -0.2) is 37.5 Å². The number of hydrogen-bond acceptors (Lipinski definition) is 2. The summed E-state index contributed by atoms with van der Waals surface area (Å²) >= 11 is 0. The number of likely N-dealkylation sites (tertiary alicyclic amines) is 1. The Morgan fingerprint density at radius 3 is 2.91 bits per heavy atom. The van der Waals surface area contributed by atoms with Crippen molar-refractivity contribution >= 4 is 5.91 Å². The molecule has 0 aliphatic carbocycles. The molecule has 0 aromatic rings. The Morgan fingerprint density at radius 2 is 2.45 bits per heavy atom. The molecule has 1 heterocycles. The molecule has 1 aliphatic heterocycles. The molecule has 0 unspecified atom stereocenters. The number of hydrogen-bond donors (Lipinski definition) is 1. The fraction of sp³-hybridized carbons (Fsp3) is 0.875. The van der Waals surface area contributed by atoms with E-state index in [2.05, 4.69) is 5.32 Å². The molecule has 3 heteroatoms. The maximum absolute atomic E-state index is 10.9. The van der Waals surface area contributed by atoms with E-state index in [1.807, 2.05) is 11.9 Å². The van der Waals surface area contributed by atoms with Gasteiger partial charge < -0.3 is 10.2 Å². The molecule has 0 spiro atoms. The van der Waals surface area contributed by atoms with Gasteiger partial charge in [-0.3, -0.25) is 4.79 Å². The lowest BCUT2D eigenvalue weighted by atomic mass is 10.1. The van der Waals surface area contributed by atoms with Crippen LogP contribution >= 0.6 is 0 Å². The summed E-state index contributed by atoms with van der Waals surface area (Å²) in [5.74, 6) is 0.882. The molecule has 3 nitrogen and oxygen atoms in total. The van der Waals surface area contributed by atoms with E-state index in [-0.39, 0.29) is 5.91 Å². The third-order valence-corrected chi connectivity index (χ3v) is 2.22. The Hall–Kier alpha value is -0.570. The molecule has 0 saturated carbocycles. The minimum absolute atomic E-state index is 0.212. The van der Waals surface area contributed by atoms with E-state index in [1.165, 1.54) is 0 Å². The van der Waals surface area contributed by atoms with Crippen molar-refractivity contribution < 1.29 is 4.79 Å². The van der Waals surface area contributed by atoms with Crippen LogP contribution in [-0.2, 0) is 4.79 Å². The Morgan fingerprint density at radius 1 is 1.73 bits per heavy atom. The van der Waals surface area contributed by atoms with Crippen LogP contribution in [0.15, 0.2) is 0 Å². The molecule has 1 N–H and O–H groups in total. The smallest absolute Gasteiger partial charge is 0.219 e. The van der Waals surface area contributed by atoms with E-state index < -0.39 is 0 Å². The highest BCUT2D eigenvalue weighted by molar-refractivity contribution is 5.73. The van der Waals surface area contributed by atoms with Gasteiger partial charge in [-0.1, -0.05) is 0 Å². The maximum atomic E-state index is 10.9. The summed E-state index contributed by atoms with van der Waals surface area (Å²) in [4.78, 5) is 12.8. The number of rotatable bonds is 2. The first-order chi connectivity index (χ1) is 5.24. The van der Waals surface area contributed by atoms with Gasteiger partial charge in [0.15, 0.2) is 0 Å². The number of amides is 1. The van der Waals surface area contributed by atoms with Gasteiger partial charge >= 0.3 is 0 Å². The molecular weight excluding hydrogens is 140 g/mol. The molecule has 0 aromatic carbocycles. The van der Waals surface area contributed by atoms with Gasteiger partial charge in [0.2, 0.25) is 5.91 Å². The van der Waals surface area contributed by atoms with E-state index in [9.17, 15) is 4.79 Å². The highest BCUT2D eigenvalue weighted by Gasteiger charge is 2.22. The average molecular weight is 156 g/mol. The average Bonchev–Trinajstić information content (AvgIpc) is 2.37. The molecule has 1 fully saturated rings. The standard InChI is InChI=1S/C8H16N2O/c1-7(11)10-4-3-8(6-10)5-9-2/h8-9H,3-6H2,1-2H3/t8-/m0/s1. The van der Waals surface area contributed by atoms with Gasteiger partial charge in [0.25, 0.3) is 0 Å². The Balaban J connectivity index is 2.29. The van der Waals surface area contributed by atoms with Crippen molar-refractivity contribution in [2.45, 2.75) is 13.3 Å². The number of carbonyl (C=O) groups is 1. The van der Waals surface area contributed by atoms with Gasteiger partial charge in [-0.15, -0.1) is 0 Å². The number of nitrogens with zero attached hydrogens (tertiary/aromatic N) is 1. The third-order valence-electron chi connectivity index (χ3n) is 2.22. The summed E-state index contributed by atoms with van der Waals surface area (Å²) in [6, 6.07) is 0. The molecule has 1 rings (SSSR count). The summed E-state index contributed by atoms with van der Waals surface area (Å²) in [5, 5.41) is 3.13. The van der Waals surface area contributed by atoms with Gasteiger partial charge in [0.1, 0.15) is 0 Å². The van der Waals surface area contributed by atoms with Crippen molar-refractivity contribution in [3.05, 3.63) is 0 Å². The van der Waals surface area contributed by atoms with Crippen LogP contribution in [0, 0.1) is 5.92 Å². The van der Waals surface area contributed by atoms with Crippen LogP contribution in [0.2, 0.25) is 0 Å². The SMILES string of the molecule is CNC[C@@H]1CCN(C(C)=O)C1. The monoisotopic (exact) mass is 156 g/mol. The zero-order valence-corrected chi connectivity index (χ0v) is 7.26. The molecule has 0 aromatic heterocycles. The largest absolute Gasteiger partial charge is 0.343 e. The Labute approximate surface area is 67.8 Å². The van der Waals surface area contributed by atoms with Gasteiger partial charge in [0, 0.05) is 20.0 Å². The zero-order valence-electron chi connectivity index (χ0n) is 7.26. The normalized spacial score (nSPS) is 24.2. The van der Waals surface area contributed by atoms with Crippen molar-refractivity contribution in [3.63, 3.8) is 0 Å². The molecule has 64 valence electrons. The van der Waals surface area contributed by atoms with Gasteiger partial charge in [-0.25, -0.2) is 0 Å². The van der Waals surface area contributed by atoms with Gasteiger partial charge in [0.05, 0.1) is 0 Å². The summed E-state index contributed by atoms with van der Waals surface area (Å²) in [5.41, 5.74) is 0. The Bertz CT molecular complexity index is 147. The molecule has 1 atom stereocenters. The van der Waals surface area contributed by atoms with E-state index in [0.29, 0.717) is 5.92 Å².